The molecule has 0 atom stereocenters. The molecule has 30 heavy (non-hydrogen) atoms. The van der Waals surface area contributed by atoms with E-state index < -0.39 is 0 Å². The highest BCUT2D eigenvalue weighted by molar-refractivity contribution is 5.96. The zero-order valence-electron chi connectivity index (χ0n) is 17.4. The molecule has 0 N–H and O–H groups in total. The van der Waals surface area contributed by atoms with E-state index in [0.29, 0.717) is 19.6 Å². The normalized spacial score (nSPS) is 16.2. The van der Waals surface area contributed by atoms with Crippen LogP contribution in [0.3, 0.4) is 0 Å². The lowest BCUT2D eigenvalue weighted by Crippen LogP contribution is -2.49. The van der Waals surface area contributed by atoms with Crippen LogP contribution in [0.4, 0.5) is 11.5 Å². The van der Waals surface area contributed by atoms with E-state index in [1.807, 2.05) is 46.2 Å². The molecule has 4 rings (SSSR count). The third-order valence-corrected chi connectivity index (χ3v) is 5.86. The summed E-state index contributed by atoms with van der Waals surface area (Å²) >= 11 is 0. The van der Waals surface area contributed by atoms with Gasteiger partial charge in [-0.2, -0.15) is 0 Å². The summed E-state index contributed by atoms with van der Waals surface area (Å²) in [7, 11) is 1.65. The predicted octanol–water partition coefficient (Wildman–Crippen LogP) is 2.50. The molecule has 3 heterocycles. The third kappa shape index (κ3) is 4.40. The number of nitrogens with zero attached hydrogens (tertiary/aromatic N) is 4. The number of rotatable bonds is 5. The number of carbonyl (C=O) groups excluding carboxylic acids is 2. The number of hydrogen-bond acceptors (Lipinski definition) is 5. The van der Waals surface area contributed by atoms with Crippen molar-refractivity contribution in [2.24, 2.45) is 0 Å². The van der Waals surface area contributed by atoms with Crippen LogP contribution in [0, 0.1) is 0 Å². The van der Waals surface area contributed by atoms with E-state index in [1.54, 1.807) is 13.3 Å². The van der Waals surface area contributed by atoms with Crippen LogP contribution in [-0.2, 0) is 16.0 Å². The van der Waals surface area contributed by atoms with Crippen molar-refractivity contribution in [3.63, 3.8) is 0 Å². The summed E-state index contributed by atoms with van der Waals surface area (Å²) in [5.74, 6) is 1.82. The zero-order valence-corrected chi connectivity index (χ0v) is 17.4. The topological polar surface area (TPSA) is 66.0 Å². The van der Waals surface area contributed by atoms with E-state index in [2.05, 4.69) is 9.88 Å². The van der Waals surface area contributed by atoms with Crippen molar-refractivity contribution in [2.75, 3.05) is 49.6 Å². The van der Waals surface area contributed by atoms with E-state index in [1.165, 1.54) is 0 Å². The Morgan fingerprint density at radius 1 is 1.00 bits per heavy atom. The second kappa shape index (κ2) is 9.15. The standard InChI is InChI=1S/C23H28N4O3/c1-30-19-7-8-20-18(17-19)5-4-12-27(20)23(29)10-9-22(28)26-15-13-25(14-16-26)21-6-2-3-11-24-21/h2-3,6-8,11,17H,4-5,9-10,12-16H2,1H3. The molecular weight excluding hydrogens is 380 g/mol. The van der Waals surface area contributed by atoms with Crippen molar-refractivity contribution in [1.29, 1.82) is 0 Å². The summed E-state index contributed by atoms with van der Waals surface area (Å²) in [6.07, 6.45) is 4.15. The molecule has 0 spiro atoms. The Hall–Kier alpha value is -3.09. The molecule has 0 unspecified atom stereocenters. The second-order valence-corrected chi connectivity index (χ2v) is 7.70. The first kappa shape index (κ1) is 20.2. The minimum absolute atomic E-state index is 0.0154. The average Bonchev–Trinajstić information content (AvgIpc) is 2.82. The number of amides is 2. The maximum absolute atomic E-state index is 12.8. The van der Waals surface area contributed by atoms with Gasteiger partial charge in [0.2, 0.25) is 11.8 Å². The highest BCUT2D eigenvalue weighted by Gasteiger charge is 2.26. The number of fused-ring (bicyclic) bond motifs is 1. The molecule has 0 aliphatic carbocycles. The van der Waals surface area contributed by atoms with E-state index in [4.69, 9.17) is 4.74 Å². The summed E-state index contributed by atoms with van der Waals surface area (Å²) in [5, 5.41) is 0. The van der Waals surface area contributed by atoms with Crippen LogP contribution in [-0.4, -0.2) is 61.5 Å². The van der Waals surface area contributed by atoms with E-state index in [-0.39, 0.29) is 24.7 Å². The van der Waals surface area contributed by atoms with Crippen LogP contribution in [0.5, 0.6) is 5.75 Å². The Balaban J connectivity index is 1.29. The van der Waals surface area contributed by atoms with Crippen LogP contribution in [0.2, 0.25) is 0 Å². The van der Waals surface area contributed by atoms with Gasteiger partial charge >= 0.3 is 0 Å². The zero-order chi connectivity index (χ0) is 20.9. The average molecular weight is 409 g/mol. The fourth-order valence-electron chi connectivity index (χ4n) is 4.19. The van der Waals surface area contributed by atoms with Gasteiger partial charge in [-0.15, -0.1) is 0 Å². The highest BCUT2D eigenvalue weighted by Crippen LogP contribution is 2.31. The summed E-state index contributed by atoms with van der Waals surface area (Å²) in [6, 6.07) is 11.7. The predicted molar refractivity (Wildman–Crippen MR) is 116 cm³/mol. The van der Waals surface area contributed by atoms with Crippen molar-refractivity contribution >= 4 is 23.3 Å². The number of piperazine rings is 1. The fraction of sp³-hybridized carbons (Fsp3) is 0.435. The molecule has 158 valence electrons. The van der Waals surface area contributed by atoms with Crippen LogP contribution in [0.1, 0.15) is 24.8 Å². The smallest absolute Gasteiger partial charge is 0.227 e. The van der Waals surface area contributed by atoms with Gasteiger partial charge in [0.25, 0.3) is 0 Å². The Morgan fingerprint density at radius 2 is 1.80 bits per heavy atom. The van der Waals surface area contributed by atoms with Crippen molar-refractivity contribution in [2.45, 2.75) is 25.7 Å². The van der Waals surface area contributed by atoms with Gasteiger partial charge in [-0.3, -0.25) is 9.59 Å². The summed E-state index contributed by atoms with van der Waals surface area (Å²) in [4.78, 5) is 35.8. The maximum atomic E-state index is 12.8. The summed E-state index contributed by atoms with van der Waals surface area (Å²) < 4.78 is 5.30. The van der Waals surface area contributed by atoms with Gasteiger partial charge in [-0.1, -0.05) is 6.07 Å². The van der Waals surface area contributed by atoms with Crippen LogP contribution in [0.25, 0.3) is 0 Å². The number of pyridine rings is 1. The maximum Gasteiger partial charge on any atom is 0.227 e. The van der Waals surface area contributed by atoms with E-state index in [0.717, 1.165) is 48.7 Å². The van der Waals surface area contributed by atoms with E-state index in [9.17, 15) is 9.59 Å². The van der Waals surface area contributed by atoms with Gasteiger partial charge in [-0.05, 0) is 48.7 Å². The molecule has 2 aliphatic heterocycles. The molecule has 7 nitrogen and oxygen atoms in total. The van der Waals surface area contributed by atoms with Gasteiger partial charge in [0.1, 0.15) is 11.6 Å². The number of hydrogen-bond donors (Lipinski definition) is 0. The number of aromatic nitrogens is 1. The van der Waals surface area contributed by atoms with Gasteiger partial charge in [-0.25, -0.2) is 4.98 Å². The summed E-state index contributed by atoms with van der Waals surface area (Å²) in [5.41, 5.74) is 2.08. The first-order valence-electron chi connectivity index (χ1n) is 10.6. The van der Waals surface area contributed by atoms with Crippen molar-refractivity contribution in [3.05, 3.63) is 48.2 Å². The van der Waals surface area contributed by atoms with Crippen molar-refractivity contribution in [3.8, 4) is 5.75 Å². The molecule has 1 fully saturated rings. The molecule has 0 radical (unpaired) electrons. The van der Waals surface area contributed by atoms with Gasteiger partial charge in [0.15, 0.2) is 0 Å². The van der Waals surface area contributed by atoms with Gasteiger partial charge in [0, 0.05) is 57.4 Å². The second-order valence-electron chi connectivity index (χ2n) is 7.70. The lowest BCUT2D eigenvalue weighted by Gasteiger charge is -2.35. The molecule has 0 bridgehead atoms. The number of carbonyl (C=O) groups is 2. The number of ether oxygens (including phenoxy) is 1. The number of benzene rings is 1. The molecule has 0 saturated carbocycles. The summed E-state index contributed by atoms with van der Waals surface area (Å²) in [6.45, 7) is 3.55. The minimum atomic E-state index is 0.0154. The van der Waals surface area contributed by atoms with Crippen LogP contribution in [0.15, 0.2) is 42.6 Å². The number of anilines is 2. The van der Waals surface area contributed by atoms with E-state index >= 15 is 0 Å². The highest BCUT2D eigenvalue weighted by atomic mass is 16.5. The largest absolute Gasteiger partial charge is 0.497 e. The SMILES string of the molecule is COc1ccc2c(c1)CCCN2C(=O)CCC(=O)N1CCN(c2ccccn2)CC1. The number of aryl methyl sites for hydroxylation is 1. The lowest BCUT2D eigenvalue weighted by atomic mass is 10.0. The Bertz CT molecular complexity index is 895. The molecule has 2 aromatic rings. The minimum Gasteiger partial charge on any atom is -0.497 e. The number of methoxy groups -OCH3 is 1. The molecule has 1 aromatic heterocycles. The molecule has 2 amide bonds. The quantitative estimate of drug-likeness (QED) is 0.761. The van der Waals surface area contributed by atoms with Crippen LogP contribution < -0.4 is 14.5 Å². The molecule has 1 aromatic carbocycles. The fourth-order valence-corrected chi connectivity index (χ4v) is 4.19. The first-order chi connectivity index (χ1) is 14.7. The molecular formula is C23H28N4O3. The molecule has 1 saturated heterocycles. The Morgan fingerprint density at radius 3 is 2.53 bits per heavy atom. The first-order valence-corrected chi connectivity index (χ1v) is 10.6. The third-order valence-electron chi connectivity index (χ3n) is 5.86. The Kier molecular flexibility index (Phi) is 6.16. The lowest BCUT2D eigenvalue weighted by molar-refractivity contribution is -0.133. The van der Waals surface area contributed by atoms with Crippen molar-refractivity contribution < 1.29 is 14.3 Å². The van der Waals surface area contributed by atoms with Gasteiger partial charge in [0.05, 0.1) is 7.11 Å². The van der Waals surface area contributed by atoms with Gasteiger partial charge < -0.3 is 19.4 Å². The van der Waals surface area contributed by atoms with Crippen molar-refractivity contribution in [1.82, 2.24) is 9.88 Å². The van der Waals surface area contributed by atoms with Crippen LogP contribution >= 0.6 is 0 Å². The molecule has 2 aliphatic rings. The molecule has 7 heteroatoms. The Labute approximate surface area is 177 Å². The monoisotopic (exact) mass is 408 g/mol.